The molecule has 0 amide bonds. The zero-order valence-corrected chi connectivity index (χ0v) is 8.24. The third-order valence-corrected chi connectivity index (χ3v) is 2.58. The average Bonchev–Trinajstić information content (AvgIpc) is 2.23. The van der Waals surface area contributed by atoms with Crippen molar-refractivity contribution in [3.63, 3.8) is 0 Å². The number of allylic oxidation sites excluding steroid dienone is 2. The van der Waals surface area contributed by atoms with Gasteiger partial charge in [-0.2, -0.15) is 0 Å². The second kappa shape index (κ2) is 4.48. The molecule has 1 unspecified atom stereocenters. The van der Waals surface area contributed by atoms with E-state index in [1.54, 1.807) is 0 Å². The van der Waals surface area contributed by atoms with E-state index in [-0.39, 0.29) is 0 Å². The third kappa shape index (κ3) is 2.27. The van der Waals surface area contributed by atoms with Crippen LogP contribution in [0.1, 0.15) is 19.3 Å². The molecule has 0 aliphatic carbocycles. The Hall–Kier alpha value is -1.00. The molecule has 2 aliphatic rings. The lowest BCUT2D eigenvalue weighted by Crippen LogP contribution is -2.47. The van der Waals surface area contributed by atoms with Crippen LogP contribution in [0.15, 0.2) is 24.0 Å². The van der Waals surface area contributed by atoms with E-state index in [2.05, 4.69) is 10.6 Å². The van der Waals surface area contributed by atoms with Gasteiger partial charge in [-0.25, -0.2) is 5.06 Å². The fourth-order valence-corrected chi connectivity index (χ4v) is 1.78. The summed E-state index contributed by atoms with van der Waals surface area (Å²) >= 11 is 0. The molecular formula is C10H17N3O. The lowest BCUT2D eigenvalue weighted by molar-refractivity contribution is -0.0548. The molecular weight excluding hydrogens is 178 g/mol. The molecule has 14 heavy (non-hydrogen) atoms. The average molecular weight is 195 g/mol. The van der Waals surface area contributed by atoms with E-state index in [0.29, 0.717) is 12.7 Å². The molecule has 4 nitrogen and oxygen atoms in total. The van der Waals surface area contributed by atoms with Gasteiger partial charge in [0.2, 0.25) is 0 Å². The minimum atomic E-state index is 0.302. The maximum absolute atomic E-state index is 9.52. The van der Waals surface area contributed by atoms with E-state index < -0.39 is 0 Å². The van der Waals surface area contributed by atoms with Gasteiger partial charge < -0.3 is 5.32 Å². The molecule has 2 rings (SSSR count). The standard InChI is InChI=1S/C10H17N3O/c14-13-8-4-2-6-10(13)12-9-5-1-3-7-11-9/h2,4,6,9,11-12,14H,1,3,5,7-8H2. The predicted octanol–water partition coefficient (Wildman–Crippen LogP) is 0.778. The predicted molar refractivity (Wildman–Crippen MR) is 54.5 cm³/mol. The van der Waals surface area contributed by atoms with Crippen LogP contribution in [0.4, 0.5) is 0 Å². The SMILES string of the molecule is ON1CC=CC=C1NC1CCCCN1. The summed E-state index contributed by atoms with van der Waals surface area (Å²) in [4.78, 5) is 0. The lowest BCUT2D eigenvalue weighted by Gasteiger charge is -2.30. The van der Waals surface area contributed by atoms with Gasteiger partial charge in [-0.3, -0.25) is 10.5 Å². The number of hydrogen-bond acceptors (Lipinski definition) is 4. The van der Waals surface area contributed by atoms with Crippen molar-refractivity contribution in [2.24, 2.45) is 0 Å². The first-order valence-corrected chi connectivity index (χ1v) is 5.19. The van der Waals surface area contributed by atoms with Gasteiger partial charge in [-0.1, -0.05) is 12.2 Å². The molecule has 1 saturated heterocycles. The van der Waals surface area contributed by atoms with Gasteiger partial charge >= 0.3 is 0 Å². The summed E-state index contributed by atoms with van der Waals surface area (Å²) in [5.74, 6) is 0.784. The number of hydrogen-bond donors (Lipinski definition) is 3. The second-order valence-corrected chi connectivity index (χ2v) is 3.71. The first kappa shape index (κ1) is 9.55. The van der Waals surface area contributed by atoms with E-state index in [1.165, 1.54) is 17.9 Å². The zero-order valence-electron chi connectivity index (χ0n) is 8.24. The largest absolute Gasteiger partial charge is 0.355 e. The van der Waals surface area contributed by atoms with Crippen LogP contribution < -0.4 is 10.6 Å². The second-order valence-electron chi connectivity index (χ2n) is 3.71. The molecule has 0 aromatic carbocycles. The van der Waals surface area contributed by atoms with Gasteiger partial charge in [0.25, 0.3) is 0 Å². The summed E-state index contributed by atoms with van der Waals surface area (Å²) in [6.45, 7) is 1.62. The van der Waals surface area contributed by atoms with Crippen LogP contribution in [0, 0.1) is 0 Å². The minimum absolute atomic E-state index is 0.302. The smallest absolute Gasteiger partial charge is 0.127 e. The third-order valence-electron chi connectivity index (χ3n) is 2.58. The van der Waals surface area contributed by atoms with E-state index in [0.717, 1.165) is 18.8 Å². The molecule has 4 heteroatoms. The first-order valence-electron chi connectivity index (χ1n) is 5.19. The first-order chi connectivity index (χ1) is 6.86. The maximum Gasteiger partial charge on any atom is 0.127 e. The van der Waals surface area contributed by atoms with Crippen molar-refractivity contribution in [2.45, 2.75) is 25.4 Å². The molecule has 3 N–H and O–H groups in total. The van der Waals surface area contributed by atoms with Crippen molar-refractivity contribution in [3.05, 3.63) is 24.0 Å². The van der Waals surface area contributed by atoms with Crippen LogP contribution in [0.25, 0.3) is 0 Å². The van der Waals surface area contributed by atoms with E-state index in [9.17, 15) is 5.21 Å². The van der Waals surface area contributed by atoms with Gasteiger partial charge in [-0.05, 0) is 31.9 Å². The van der Waals surface area contributed by atoms with Crippen LogP contribution in [0.2, 0.25) is 0 Å². The van der Waals surface area contributed by atoms with Crippen molar-refractivity contribution >= 4 is 0 Å². The number of nitrogens with one attached hydrogen (secondary N) is 2. The highest BCUT2D eigenvalue weighted by atomic mass is 16.5. The van der Waals surface area contributed by atoms with Gasteiger partial charge in [0.15, 0.2) is 0 Å². The molecule has 0 bridgehead atoms. The van der Waals surface area contributed by atoms with Crippen LogP contribution in [0.5, 0.6) is 0 Å². The summed E-state index contributed by atoms with van der Waals surface area (Å²) in [5.41, 5.74) is 0. The highest BCUT2D eigenvalue weighted by Crippen LogP contribution is 2.09. The Labute approximate surface area is 84.2 Å². The fourth-order valence-electron chi connectivity index (χ4n) is 1.78. The molecule has 2 heterocycles. The molecule has 0 aromatic heterocycles. The van der Waals surface area contributed by atoms with Gasteiger partial charge in [0, 0.05) is 0 Å². The van der Waals surface area contributed by atoms with Crippen molar-refractivity contribution < 1.29 is 5.21 Å². The molecule has 0 saturated carbocycles. The van der Waals surface area contributed by atoms with Crippen molar-refractivity contribution in [2.75, 3.05) is 13.1 Å². The quantitative estimate of drug-likeness (QED) is 0.609. The maximum atomic E-state index is 9.52. The molecule has 1 fully saturated rings. The van der Waals surface area contributed by atoms with E-state index >= 15 is 0 Å². The Morgan fingerprint density at radius 2 is 2.43 bits per heavy atom. The Morgan fingerprint density at radius 1 is 1.50 bits per heavy atom. The molecule has 1 atom stereocenters. The lowest BCUT2D eigenvalue weighted by atomic mass is 10.1. The number of piperidine rings is 1. The molecule has 0 aromatic rings. The molecule has 2 aliphatic heterocycles. The Kier molecular flexibility index (Phi) is 3.06. The highest BCUT2D eigenvalue weighted by molar-refractivity contribution is 5.15. The number of hydroxylamine groups is 2. The van der Waals surface area contributed by atoms with Gasteiger partial charge in [0.05, 0.1) is 12.7 Å². The highest BCUT2D eigenvalue weighted by Gasteiger charge is 2.15. The van der Waals surface area contributed by atoms with Gasteiger partial charge in [0.1, 0.15) is 5.82 Å². The zero-order chi connectivity index (χ0) is 9.80. The normalized spacial score (nSPS) is 27.4. The van der Waals surface area contributed by atoms with E-state index in [1.807, 2.05) is 18.2 Å². The summed E-state index contributed by atoms with van der Waals surface area (Å²) in [6.07, 6.45) is 9.68. The number of nitrogens with zero attached hydrogens (tertiary/aromatic N) is 1. The van der Waals surface area contributed by atoms with Crippen molar-refractivity contribution in [1.29, 1.82) is 0 Å². The van der Waals surface area contributed by atoms with Crippen LogP contribution in [-0.4, -0.2) is 29.5 Å². The summed E-state index contributed by atoms with van der Waals surface area (Å²) < 4.78 is 0. The summed E-state index contributed by atoms with van der Waals surface area (Å²) in [5, 5.41) is 17.4. The Bertz CT molecular complexity index is 244. The van der Waals surface area contributed by atoms with E-state index in [4.69, 9.17) is 0 Å². The van der Waals surface area contributed by atoms with Crippen LogP contribution in [0.3, 0.4) is 0 Å². The fraction of sp³-hybridized carbons (Fsp3) is 0.600. The Morgan fingerprint density at radius 3 is 3.14 bits per heavy atom. The van der Waals surface area contributed by atoms with Gasteiger partial charge in [-0.15, -0.1) is 0 Å². The summed E-state index contributed by atoms with van der Waals surface area (Å²) in [6, 6.07) is 0. The van der Waals surface area contributed by atoms with Crippen molar-refractivity contribution in [1.82, 2.24) is 15.7 Å². The molecule has 78 valence electrons. The topological polar surface area (TPSA) is 47.5 Å². The monoisotopic (exact) mass is 195 g/mol. The summed E-state index contributed by atoms with van der Waals surface area (Å²) in [7, 11) is 0. The Balaban J connectivity index is 1.88. The van der Waals surface area contributed by atoms with Crippen LogP contribution in [-0.2, 0) is 0 Å². The molecule has 0 spiro atoms. The number of rotatable bonds is 2. The van der Waals surface area contributed by atoms with Crippen LogP contribution >= 0.6 is 0 Å². The molecule has 0 radical (unpaired) electrons. The van der Waals surface area contributed by atoms with Crippen molar-refractivity contribution in [3.8, 4) is 0 Å². The minimum Gasteiger partial charge on any atom is -0.355 e.